The van der Waals surface area contributed by atoms with Crippen LogP contribution >= 0.6 is 0 Å². The Balaban J connectivity index is 1.83. The number of rotatable bonds is 4. The summed E-state index contributed by atoms with van der Waals surface area (Å²) < 4.78 is 23.5. The SMILES string of the molecule is Cc1nccc(-c2ccc(NC(=O)c3cc(S(C)(=O)=O)ccc3C)cc2)n1. The predicted octanol–water partition coefficient (Wildman–Crippen LogP) is 3.42. The molecular formula is C20H19N3O3S. The monoisotopic (exact) mass is 381 g/mol. The Morgan fingerprint density at radius 2 is 1.70 bits per heavy atom. The third kappa shape index (κ3) is 4.38. The number of hydrogen-bond acceptors (Lipinski definition) is 5. The lowest BCUT2D eigenvalue weighted by molar-refractivity contribution is 0.102. The maximum Gasteiger partial charge on any atom is 0.255 e. The smallest absolute Gasteiger partial charge is 0.255 e. The number of sulfone groups is 1. The van der Waals surface area contributed by atoms with E-state index in [4.69, 9.17) is 0 Å². The molecule has 2 aromatic carbocycles. The summed E-state index contributed by atoms with van der Waals surface area (Å²) in [6.45, 7) is 3.59. The first-order valence-corrected chi connectivity index (χ1v) is 10.2. The molecule has 7 heteroatoms. The van der Waals surface area contributed by atoms with Crippen molar-refractivity contribution < 1.29 is 13.2 Å². The zero-order valence-corrected chi connectivity index (χ0v) is 16.0. The minimum Gasteiger partial charge on any atom is -0.322 e. The number of aromatic nitrogens is 2. The average Bonchev–Trinajstić information content (AvgIpc) is 2.61. The molecule has 0 aliphatic heterocycles. The lowest BCUT2D eigenvalue weighted by Gasteiger charge is -2.10. The molecule has 1 amide bonds. The van der Waals surface area contributed by atoms with E-state index >= 15 is 0 Å². The van der Waals surface area contributed by atoms with Crippen LogP contribution in [0.15, 0.2) is 59.6 Å². The van der Waals surface area contributed by atoms with E-state index in [1.807, 2.05) is 25.1 Å². The van der Waals surface area contributed by atoms with E-state index < -0.39 is 9.84 Å². The van der Waals surface area contributed by atoms with Crippen molar-refractivity contribution in [3.05, 3.63) is 71.7 Å². The topological polar surface area (TPSA) is 89.0 Å². The summed E-state index contributed by atoms with van der Waals surface area (Å²) >= 11 is 0. The molecule has 0 spiro atoms. The van der Waals surface area contributed by atoms with Crippen molar-refractivity contribution in [2.45, 2.75) is 18.7 Å². The van der Waals surface area contributed by atoms with Crippen LogP contribution in [0.1, 0.15) is 21.7 Å². The molecule has 138 valence electrons. The molecule has 3 rings (SSSR count). The molecule has 0 atom stereocenters. The Bertz CT molecular complexity index is 1110. The minimum atomic E-state index is -3.38. The molecular weight excluding hydrogens is 362 g/mol. The summed E-state index contributed by atoms with van der Waals surface area (Å²) in [6, 6.07) is 13.6. The normalized spacial score (nSPS) is 11.2. The van der Waals surface area contributed by atoms with E-state index in [-0.39, 0.29) is 10.8 Å². The molecule has 6 nitrogen and oxygen atoms in total. The number of nitrogens with zero attached hydrogens (tertiary/aromatic N) is 2. The van der Waals surface area contributed by atoms with Gasteiger partial charge in [-0.2, -0.15) is 0 Å². The molecule has 0 radical (unpaired) electrons. The quantitative estimate of drug-likeness (QED) is 0.748. The number of amides is 1. The van der Waals surface area contributed by atoms with Crippen LogP contribution in [0.2, 0.25) is 0 Å². The van der Waals surface area contributed by atoms with Crippen LogP contribution < -0.4 is 5.32 Å². The molecule has 0 unspecified atom stereocenters. The van der Waals surface area contributed by atoms with Crippen LogP contribution in [-0.4, -0.2) is 30.5 Å². The van der Waals surface area contributed by atoms with E-state index in [1.54, 1.807) is 31.3 Å². The Hall–Kier alpha value is -3.06. The van der Waals surface area contributed by atoms with Crippen molar-refractivity contribution in [2.24, 2.45) is 0 Å². The number of benzene rings is 2. The number of anilines is 1. The first-order chi connectivity index (χ1) is 12.7. The lowest BCUT2D eigenvalue weighted by atomic mass is 10.1. The largest absolute Gasteiger partial charge is 0.322 e. The highest BCUT2D eigenvalue weighted by Gasteiger charge is 2.14. The third-order valence-electron chi connectivity index (χ3n) is 4.10. The van der Waals surface area contributed by atoms with E-state index in [0.29, 0.717) is 22.6 Å². The van der Waals surface area contributed by atoms with Crippen LogP contribution in [0.4, 0.5) is 5.69 Å². The van der Waals surface area contributed by atoms with Gasteiger partial charge in [-0.05, 0) is 49.7 Å². The van der Waals surface area contributed by atoms with Gasteiger partial charge >= 0.3 is 0 Å². The van der Waals surface area contributed by atoms with Crippen molar-refractivity contribution >= 4 is 21.4 Å². The van der Waals surface area contributed by atoms with Gasteiger partial charge in [0.25, 0.3) is 5.91 Å². The molecule has 0 aliphatic carbocycles. The molecule has 3 aromatic rings. The maximum absolute atomic E-state index is 12.6. The van der Waals surface area contributed by atoms with E-state index in [2.05, 4.69) is 15.3 Å². The van der Waals surface area contributed by atoms with Gasteiger partial charge in [-0.15, -0.1) is 0 Å². The fraction of sp³-hybridized carbons (Fsp3) is 0.150. The Kier molecular flexibility index (Phi) is 5.05. The molecule has 0 aliphatic rings. The second kappa shape index (κ2) is 7.28. The van der Waals surface area contributed by atoms with Crippen LogP contribution in [0.25, 0.3) is 11.3 Å². The van der Waals surface area contributed by atoms with Crippen molar-refractivity contribution in [1.29, 1.82) is 0 Å². The predicted molar refractivity (Wildman–Crippen MR) is 104 cm³/mol. The molecule has 1 N–H and O–H groups in total. The standard InChI is InChI=1S/C20H19N3O3S/c1-13-4-9-17(27(3,25)26)12-18(13)20(24)23-16-7-5-15(6-8-16)19-10-11-21-14(2)22-19/h4-12H,1-3H3,(H,23,24). The van der Waals surface area contributed by atoms with Gasteiger partial charge < -0.3 is 5.32 Å². The first kappa shape index (κ1) is 18.7. The van der Waals surface area contributed by atoms with Gasteiger partial charge in [-0.1, -0.05) is 18.2 Å². The van der Waals surface area contributed by atoms with Crippen LogP contribution in [0, 0.1) is 13.8 Å². The average molecular weight is 381 g/mol. The highest BCUT2D eigenvalue weighted by atomic mass is 32.2. The first-order valence-electron chi connectivity index (χ1n) is 8.26. The fourth-order valence-electron chi connectivity index (χ4n) is 2.62. The zero-order valence-electron chi connectivity index (χ0n) is 15.2. The van der Waals surface area contributed by atoms with Crippen molar-refractivity contribution in [3.8, 4) is 11.3 Å². The summed E-state index contributed by atoms with van der Waals surface area (Å²) in [4.78, 5) is 21.2. The zero-order chi connectivity index (χ0) is 19.6. The van der Waals surface area contributed by atoms with Gasteiger partial charge in [-0.3, -0.25) is 4.79 Å². The highest BCUT2D eigenvalue weighted by molar-refractivity contribution is 7.90. The summed E-state index contributed by atoms with van der Waals surface area (Å²) in [6.07, 6.45) is 2.82. The number of hydrogen-bond donors (Lipinski definition) is 1. The molecule has 0 saturated carbocycles. The molecule has 1 aromatic heterocycles. The van der Waals surface area contributed by atoms with Crippen molar-refractivity contribution in [3.63, 3.8) is 0 Å². The summed E-state index contributed by atoms with van der Waals surface area (Å²) in [5.41, 5.74) is 3.35. The van der Waals surface area contributed by atoms with Crippen LogP contribution in [0.3, 0.4) is 0 Å². The number of carbonyl (C=O) groups excluding carboxylic acids is 1. The third-order valence-corrected chi connectivity index (χ3v) is 5.21. The minimum absolute atomic E-state index is 0.118. The lowest BCUT2D eigenvalue weighted by Crippen LogP contribution is -2.14. The molecule has 1 heterocycles. The molecule has 27 heavy (non-hydrogen) atoms. The van der Waals surface area contributed by atoms with Crippen LogP contribution in [0.5, 0.6) is 0 Å². The van der Waals surface area contributed by atoms with E-state index in [0.717, 1.165) is 17.5 Å². The van der Waals surface area contributed by atoms with Gasteiger partial charge in [0, 0.05) is 29.3 Å². The van der Waals surface area contributed by atoms with Gasteiger partial charge in [0.15, 0.2) is 9.84 Å². The second-order valence-corrected chi connectivity index (χ2v) is 8.29. The van der Waals surface area contributed by atoms with Crippen molar-refractivity contribution in [1.82, 2.24) is 9.97 Å². The summed E-state index contributed by atoms with van der Waals surface area (Å²) in [5.74, 6) is 0.328. The molecule has 0 fully saturated rings. The summed E-state index contributed by atoms with van der Waals surface area (Å²) in [5, 5.41) is 2.80. The maximum atomic E-state index is 12.6. The summed E-state index contributed by atoms with van der Waals surface area (Å²) in [7, 11) is -3.38. The fourth-order valence-corrected chi connectivity index (χ4v) is 3.26. The van der Waals surface area contributed by atoms with Crippen molar-refractivity contribution in [2.75, 3.05) is 11.6 Å². The second-order valence-electron chi connectivity index (χ2n) is 6.27. The Morgan fingerprint density at radius 3 is 2.33 bits per heavy atom. The highest BCUT2D eigenvalue weighted by Crippen LogP contribution is 2.21. The van der Waals surface area contributed by atoms with Gasteiger partial charge in [0.2, 0.25) is 0 Å². The Morgan fingerprint density at radius 1 is 1.00 bits per heavy atom. The van der Waals surface area contributed by atoms with Crippen LogP contribution in [-0.2, 0) is 9.84 Å². The number of aryl methyl sites for hydroxylation is 2. The number of carbonyl (C=O) groups is 1. The molecule has 0 bridgehead atoms. The number of nitrogens with one attached hydrogen (secondary N) is 1. The van der Waals surface area contributed by atoms with Gasteiger partial charge in [-0.25, -0.2) is 18.4 Å². The van der Waals surface area contributed by atoms with Gasteiger partial charge in [0.05, 0.1) is 10.6 Å². The molecule has 0 saturated heterocycles. The Labute approximate surface area is 158 Å². The van der Waals surface area contributed by atoms with Gasteiger partial charge in [0.1, 0.15) is 5.82 Å². The van der Waals surface area contributed by atoms with E-state index in [1.165, 1.54) is 12.1 Å². The van der Waals surface area contributed by atoms with E-state index in [9.17, 15) is 13.2 Å².